The van der Waals surface area contributed by atoms with Crippen molar-refractivity contribution in [3.63, 3.8) is 0 Å². The number of aliphatic hydroxyl groups excluding tert-OH is 1. The number of hydrogen-bond donors (Lipinski definition) is 6. The number of allylic oxidation sites excluding steroid dienone is 4. The largest absolute Gasteiger partial charge is 0.524 e. The van der Waals surface area contributed by atoms with Crippen LogP contribution < -0.4 is 9.05 Å². The van der Waals surface area contributed by atoms with Crippen molar-refractivity contribution in [3.05, 3.63) is 109 Å². The third kappa shape index (κ3) is 24.1. The average Bonchev–Trinajstić information content (AvgIpc) is 3.37. The van der Waals surface area contributed by atoms with E-state index >= 15 is 0 Å². The van der Waals surface area contributed by atoms with E-state index in [-0.39, 0.29) is 130 Å². The molecule has 0 saturated carbocycles. The predicted molar refractivity (Wildman–Crippen MR) is 306 cm³/mol. The van der Waals surface area contributed by atoms with Crippen LogP contribution in [0.2, 0.25) is 0 Å². The first-order valence-electron chi connectivity index (χ1n) is 28.4. The van der Waals surface area contributed by atoms with Crippen molar-refractivity contribution >= 4 is 38.8 Å². The molecule has 77 heavy (non-hydrogen) atoms. The van der Waals surface area contributed by atoms with Gasteiger partial charge in [-0.1, -0.05) is 137 Å². The molecule has 0 saturated heterocycles. The van der Waals surface area contributed by atoms with Gasteiger partial charge in [0.15, 0.2) is 23.1 Å². The lowest BCUT2D eigenvalue weighted by Crippen LogP contribution is -2.10. The van der Waals surface area contributed by atoms with Gasteiger partial charge in [-0.2, -0.15) is 0 Å². The Morgan fingerprint density at radius 1 is 0.468 bits per heavy atom. The number of hydrogen-bond acceptors (Lipinski definition) is 10. The highest BCUT2D eigenvalue weighted by molar-refractivity contribution is 7.47. The van der Waals surface area contributed by atoms with Gasteiger partial charge in [-0.05, 0) is 116 Å². The SMILES string of the molecule is CCCCCCCC(=O)c1cc(Cc2cc(C(=O)CCCCCCC)cc(CC)c2OP(=O)(O)O)c(O)c(Cc2cc(C(=O)CCCCCCC)cc(CC(=CC(C)=C(O)CCCCCCC)C(C)=O)c2OP(=O)(O)O)c1. The van der Waals surface area contributed by atoms with Crippen molar-refractivity contribution in [3.8, 4) is 17.2 Å². The molecule has 0 heterocycles. The van der Waals surface area contributed by atoms with Crippen molar-refractivity contribution < 1.29 is 67.1 Å². The molecule has 0 bridgehead atoms. The number of Topliss-reactive ketones (excluding diaryl/α,β-unsaturated/α-hetero) is 4. The van der Waals surface area contributed by atoms with Gasteiger partial charge in [0.05, 0.1) is 5.76 Å². The second-order valence-electron chi connectivity index (χ2n) is 20.7. The molecule has 428 valence electrons. The van der Waals surface area contributed by atoms with Crippen LogP contribution in [0.5, 0.6) is 17.2 Å². The van der Waals surface area contributed by atoms with Crippen molar-refractivity contribution in [2.45, 2.75) is 228 Å². The third-order valence-electron chi connectivity index (χ3n) is 14.0. The number of phenols is 1. The van der Waals surface area contributed by atoms with Gasteiger partial charge in [0.2, 0.25) is 0 Å². The van der Waals surface area contributed by atoms with Gasteiger partial charge in [-0.15, -0.1) is 0 Å². The van der Waals surface area contributed by atoms with Gasteiger partial charge < -0.3 is 19.3 Å². The van der Waals surface area contributed by atoms with Crippen LogP contribution in [0, 0.1) is 0 Å². The fraction of sp³-hybridized carbons (Fsp3) is 0.574. The first-order valence-corrected chi connectivity index (χ1v) is 31.5. The van der Waals surface area contributed by atoms with Crippen LogP contribution in [-0.4, -0.2) is 52.9 Å². The normalized spacial score (nSPS) is 12.4. The summed E-state index contributed by atoms with van der Waals surface area (Å²) in [6.45, 7) is 13.2. The minimum absolute atomic E-state index is 0.0565. The Kier molecular flexibility index (Phi) is 29.7. The molecule has 16 heteroatoms. The Balaban J connectivity index is 2.40. The molecule has 0 aliphatic heterocycles. The Bertz CT molecular complexity index is 2580. The quantitative estimate of drug-likeness (QED) is 0.00775. The number of carbonyl (C=O) groups is 4. The van der Waals surface area contributed by atoms with E-state index in [0.29, 0.717) is 42.4 Å². The van der Waals surface area contributed by atoms with Gasteiger partial charge in [0.25, 0.3) is 0 Å². The maximum Gasteiger partial charge on any atom is 0.524 e. The van der Waals surface area contributed by atoms with Crippen molar-refractivity contribution in [2.75, 3.05) is 0 Å². The average molecular weight is 1110 g/mol. The number of aryl methyl sites for hydroxylation is 1. The number of aliphatic hydroxyl groups is 1. The van der Waals surface area contributed by atoms with Gasteiger partial charge in [-0.3, -0.25) is 38.8 Å². The van der Waals surface area contributed by atoms with E-state index in [1.165, 1.54) is 43.3 Å². The predicted octanol–water partition coefficient (Wildman–Crippen LogP) is 16.0. The molecule has 0 radical (unpaired) electrons. The molecule has 3 rings (SSSR count). The summed E-state index contributed by atoms with van der Waals surface area (Å²) in [5.41, 5.74) is 2.14. The zero-order valence-electron chi connectivity index (χ0n) is 47.2. The topological polar surface area (TPSA) is 242 Å². The molecular formula is C61H90O14P2. The van der Waals surface area contributed by atoms with Gasteiger partial charge >= 0.3 is 15.6 Å². The highest BCUT2D eigenvalue weighted by Crippen LogP contribution is 2.46. The molecule has 0 atom stereocenters. The van der Waals surface area contributed by atoms with Crippen LogP contribution in [0.1, 0.15) is 267 Å². The number of benzene rings is 3. The van der Waals surface area contributed by atoms with Crippen molar-refractivity contribution in [2.24, 2.45) is 0 Å². The Morgan fingerprint density at radius 2 is 0.792 bits per heavy atom. The maximum atomic E-state index is 14.2. The van der Waals surface area contributed by atoms with Gasteiger partial charge in [0.1, 0.15) is 17.2 Å². The Labute approximate surface area is 459 Å². The number of ketones is 4. The minimum Gasteiger partial charge on any atom is -0.512 e. The third-order valence-corrected chi connectivity index (χ3v) is 14.8. The number of phosphoric acid groups is 2. The first kappa shape index (κ1) is 66.6. The highest BCUT2D eigenvalue weighted by Gasteiger charge is 2.28. The highest BCUT2D eigenvalue weighted by atomic mass is 31.2. The fourth-order valence-corrected chi connectivity index (χ4v) is 10.5. The zero-order chi connectivity index (χ0) is 57.1. The molecule has 0 aliphatic rings. The summed E-state index contributed by atoms with van der Waals surface area (Å²) in [5.74, 6) is -1.89. The van der Waals surface area contributed by atoms with Crippen LogP contribution in [-0.2, 0) is 39.6 Å². The van der Waals surface area contributed by atoms with Crippen LogP contribution in [0.3, 0.4) is 0 Å². The Hall–Kier alpha value is -4.68. The first-order chi connectivity index (χ1) is 36.6. The van der Waals surface area contributed by atoms with Crippen LogP contribution in [0.25, 0.3) is 0 Å². The monoisotopic (exact) mass is 1110 g/mol. The molecule has 0 unspecified atom stereocenters. The van der Waals surface area contributed by atoms with Crippen LogP contribution in [0.15, 0.2) is 59.4 Å². The van der Waals surface area contributed by atoms with E-state index in [1.807, 2.05) is 0 Å². The Morgan fingerprint density at radius 3 is 1.14 bits per heavy atom. The molecule has 14 nitrogen and oxygen atoms in total. The molecule has 0 aliphatic carbocycles. The lowest BCUT2D eigenvalue weighted by atomic mass is 9.88. The lowest BCUT2D eigenvalue weighted by molar-refractivity contribution is -0.113. The van der Waals surface area contributed by atoms with E-state index < -0.39 is 21.4 Å². The van der Waals surface area contributed by atoms with E-state index in [0.717, 1.165) is 109 Å². The van der Waals surface area contributed by atoms with Crippen LogP contribution >= 0.6 is 15.6 Å². The minimum atomic E-state index is -5.38. The fourth-order valence-electron chi connectivity index (χ4n) is 9.58. The van der Waals surface area contributed by atoms with Crippen molar-refractivity contribution in [1.29, 1.82) is 0 Å². The molecule has 0 spiro atoms. The van der Waals surface area contributed by atoms with E-state index in [9.17, 15) is 58.1 Å². The molecule has 6 N–H and O–H groups in total. The van der Waals surface area contributed by atoms with Crippen molar-refractivity contribution in [1.82, 2.24) is 0 Å². The molecule has 0 amide bonds. The number of phenolic OH excluding ortho intramolecular Hbond substituents is 1. The molecule has 0 fully saturated rings. The van der Waals surface area contributed by atoms with E-state index in [2.05, 4.69) is 27.7 Å². The summed E-state index contributed by atoms with van der Waals surface area (Å²) in [5, 5.41) is 23.5. The summed E-state index contributed by atoms with van der Waals surface area (Å²) in [6, 6.07) is 8.96. The summed E-state index contributed by atoms with van der Waals surface area (Å²) < 4.78 is 36.3. The van der Waals surface area contributed by atoms with Gasteiger partial charge in [0, 0.05) is 78.3 Å². The number of carbonyl (C=O) groups excluding carboxylic acids is 4. The van der Waals surface area contributed by atoms with E-state index in [1.54, 1.807) is 19.9 Å². The number of rotatable bonds is 40. The van der Waals surface area contributed by atoms with Gasteiger partial charge in [-0.25, -0.2) is 9.13 Å². The van der Waals surface area contributed by atoms with Crippen LogP contribution in [0.4, 0.5) is 0 Å². The second kappa shape index (κ2) is 34.4. The molecule has 0 aromatic heterocycles. The standard InChI is InChI=1S/C61H90O14P2/c1-8-13-17-21-25-29-55(63)43(6)33-46(44(7)62)35-52-39-49(58(66)32-28-24-20-16-11-4)40-54(61(52)75-77(71,72)73)42-51-37-48(57(65)31-27-23-19-15-10-3)36-50(59(51)67)41-53-38-47(56(64)30-26-22-18-14-9-2)34-45(12-5)60(53)74-76(68,69)70/h33-34,36-40,63,67H,8-32,35,41-42H2,1-7H3,(H2,68,69,70)(H2,71,72,73). The lowest BCUT2D eigenvalue weighted by Gasteiger charge is -2.21. The second-order valence-corrected chi connectivity index (χ2v) is 23.0. The number of phosphoric ester groups is 2. The number of aromatic hydroxyl groups is 1. The smallest absolute Gasteiger partial charge is 0.512 e. The summed E-state index contributed by atoms with van der Waals surface area (Å²) in [7, 11) is -10.6. The number of unbranched alkanes of at least 4 members (excludes halogenated alkanes) is 16. The molecule has 3 aromatic rings. The summed E-state index contributed by atoms with van der Waals surface area (Å²) in [6.07, 6.45) is 19.9. The summed E-state index contributed by atoms with van der Waals surface area (Å²) in [4.78, 5) is 96.8. The molecular weight excluding hydrogens is 1020 g/mol. The summed E-state index contributed by atoms with van der Waals surface area (Å²) >= 11 is 0. The zero-order valence-corrected chi connectivity index (χ0v) is 49.0. The molecule has 3 aromatic carbocycles. The van der Waals surface area contributed by atoms with E-state index in [4.69, 9.17) is 9.05 Å². The maximum absolute atomic E-state index is 14.2.